The van der Waals surface area contributed by atoms with Crippen LogP contribution < -0.4 is 9.47 Å². The quantitative estimate of drug-likeness (QED) is 0.649. The molecule has 0 bridgehead atoms. The van der Waals surface area contributed by atoms with Crippen LogP contribution in [0.2, 0.25) is 0 Å². The summed E-state index contributed by atoms with van der Waals surface area (Å²) in [7, 11) is 1.55. The van der Waals surface area contributed by atoms with Gasteiger partial charge < -0.3 is 9.47 Å². The molecular weight excluding hydrogens is 397 g/mol. The molecule has 152 valence electrons. The summed E-state index contributed by atoms with van der Waals surface area (Å²) in [5.74, 6) is -1.25. The minimum absolute atomic E-state index is 0.127. The summed E-state index contributed by atoms with van der Waals surface area (Å²) in [4.78, 5) is 0. The topological polar surface area (TPSA) is 94.8 Å². The van der Waals surface area contributed by atoms with Gasteiger partial charge in [0.2, 0.25) is 11.8 Å². The lowest BCUT2D eigenvalue weighted by molar-refractivity contribution is -0.137. The molecule has 0 saturated heterocycles. The Morgan fingerprint density at radius 2 is 1.80 bits per heavy atom. The molecule has 0 radical (unpaired) electrons. The van der Waals surface area contributed by atoms with Crippen molar-refractivity contribution in [2.24, 2.45) is 5.92 Å². The third kappa shape index (κ3) is 3.26. The molecular formula is C21H15F3N4O2. The van der Waals surface area contributed by atoms with E-state index in [2.05, 4.69) is 10.2 Å². The van der Waals surface area contributed by atoms with Gasteiger partial charge in [-0.15, -0.1) is 5.10 Å². The minimum atomic E-state index is -4.47. The Morgan fingerprint density at radius 3 is 2.37 bits per heavy atom. The van der Waals surface area contributed by atoms with E-state index in [9.17, 15) is 18.4 Å². The van der Waals surface area contributed by atoms with Crippen LogP contribution in [0.3, 0.4) is 0 Å². The predicted molar refractivity (Wildman–Crippen MR) is 101 cm³/mol. The van der Waals surface area contributed by atoms with E-state index in [-0.39, 0.29) is 11.8 Å². The number of H-pyrrole nitrogens is 1. The first-order chi connectivity index (χ1) is 14.3. The van der Waals surface area contributed by atoms with Crippen molar-refractivity contribution in [1.82, 2.24) is 10.2 Å². The molecule has 0 amide bonds. The lowest BCUT2D eigenvalue weighted by Crippen LogP contribution is -2.30. The highest BCUT2D eigenvalue weighted by molar-refractivity contribution is 5.86. The second-order valence-corrected chi connectivity index (χ2v) is 6.72. The second kappa shape index (κ2) is 7.22. The number of nitrogens with one attached hydrogen (secondary N) is 2. The first-order valence-corrected chi connectivity index (χ1v) is 8.89. The Morgan fingerprint density at radius 1 is 1.13 bits per heavy atom. The van der Waals surface area contributed by atoms with Crippen molar-refractivity contribution in [2.45, 2.75) is 12.1 Å². The van der Waals surface area contributed by atoms with Gasteiger partial charge in [0.1, 0.15) is 11.7 Å². The average molecular weight is 412 g/mol. The maximum Gasteiger partial charge on any atom is 0.416 e. The lowest BCUT2D eigenvalue weighted by Gasteiger charge is -2.28. The van der Waals surface area contributed by atoms with Crippen LogP contribution >= 0.6 is 0 Å². The van der Waals surface area contributed by atoms with Crippen molar-refractivity contribution in [2.75, 3.05) is 7.11 Å². The molecule has 2 unspecified atom stereocenters. The van der Waals surface area contributed by atoms with Crippen molar-refractivity contribution in [3.05, 3.63) is 65.2 Å². The van der Waals surface area contributed by atoms with E-state index in [4.69, 9.17) is 14.9 Å². The van der Waals surface area contributed by atoms with Gasteiger partial charge in [-0.25, -0.2) is 0 Å². The third-order valence-corrected chi connectivity index (χ3v) is 5.02. The Labute approximate surface area is 169 Å². The van der Waals surface area contributed by atoms with E-state index < -0.39 is 23.6 Å². The van der Waals surface area contributed by atoms with E-state index in [1.54, 1.807) is 31.4 Å². The van der Waals surface area contributed by atoms with Crippen molar-refractivity contribution >= 4 is 5.90 Å². The zero-order chi connectivity index (χ0) is 21.5. The number of methoxy groups -OCH3 is 1. The molecule has 30 heavy (non-hydrogen) atoms. The molecule has 6 nitrogen and oxygen atoms in total. The molecule has 2 atom stereocenters. The molecule has 0 saturated carbocycles. The van der Waals surface area contributed by atoms with Crippen LogP contribution in [0.15, 0.2) is 48.5 Å². The van der Waals surface area contributed by atoms with Crippen molar-refractivity contribution < 1.29 is 22.6 Å². The largest absolute Gasteiger partial charge is 0.497 e. The molecule has 1 aromatic heterocycles. The van der Waals surface area contributed by atoms with Crippen LogP contribution in [0, 0.1) is 22.7 Å². The molecule has 2 heterocycles. The molecule has 2 N–H and O–H groups in total. The van der Waals surface area contributed by atoms with Crippen molar-refractivity contribution in [1.29, 1.82) is 10.7 Å². The maximum absolute atomic E-state index is 13.0. The van der Waals surface area contributed by atoms with E-state index in [1.165, 1.54) is 12.1 Å². The number of aromatic nitrogens is 2. The van der Waals surface area contributed by atoms with Crippen molar-refractivity contribution in [3.8, 4) is 29.0 Å². The number of nitriles is 1. The molecule has 0 fully saturated rings. The summed E-state index contributed by atoms with van der Waals surface area (Å²) in [6.45, 7) is 0. The fraction of sp³-hybridized carbons (Fsp3) is 0.190. The first-order valence-electron chi connectivity index (χ1n) is 8.89. The summed E-state index contributed by atoms with van der Waals surface area (Å²) in [6, 6.07) is 13.7. The summed E-state index contributed by atoms with van der Waals surface area (Å²) in [5, 5.41) is 24.7. The summed E-state index contributed by atoms with van der Waals surface area (Å²) in [6.07, 6.45) is -4.47. The van der Waals surface area contributed by atoms with Crippen molar-refractivity contribution in [3.63, 3.8) is 0 Å². The molecule has 1 aliphatic rings. The van der Waals surface area contributed by atoms with Gasteiger partial charge in [-0.3, -0.25) is 10.5 Å². The van der Waals surface area contributed by atoms with Gasteiger partial charge >= 0.3 is 6.18 Å². The van der Waals surface area contributed by atoms with Crippen LogP contribution in [0.1, 0.15) is 22.6 Å². The SMILES string of the molecule is COc1ccc(-c2[nH]nc3c2C(c2ccc(C(F)(F)F)cc2)C(C#N)C(=N)O3)cc1. The Balaban J connectivity index is 1.85. The Kier molecular flexibility index (Phi) is 4.70. The number of alkyl halides is 3. The van der Waals surface area contributed by atoms with E-state index in [0.717, 1.165) is 17.7 Å². The highest BCUT2D eigenvalue weighted by Crippen LogP contribution is 2.46. The Bertz CT molecular complexity index is 1130. The zero-order valence-corrected chi connectivity index (χ0v) is 15.6. The van der Waals surface area contributed by atoms with E-state index in [1.807, 2.05) is 6.07 Å². The number of ether oxygens (including phenoxy) is 2. The monoisotopic (exact) mass is 412 g/mol. The van der Waals surface area contributed by atoms with Gasteiger partial charge in [0, 0.05) is 11.5 Å². The summed E-state index contributed by atoms with van der Waals surface area (Å²) < 4.78 is 49.5. The van der Waals surface area contributed by atoms with Gasteiger partial charge in [0.05, 0.1) is 30.0 Å². The lowest BCUT2D eigenvalue weighted by atomic mass is 9.78. The highest BCUT2D eigenvalue weighted by Gasteiger charge is 2.41. The molecule has 1 aliphatic heterocycles. The fourth-order valence-corrected chi connectivity index (χ4v) is 3.54. The van der Waals surface area contributed by atoms with Gasteiger partial charge in [0.25, 0.3) is 0 Å². The van der Waals surface area contributed by atoms with Gasteiger partial charge in [0.15, 0.2) is 0 Å². The number of hydrogen-bond donors (Lipinski definition) is 2. The van der Waals surface area contributed by atoms with Crippen LogP contribution in [0.4, 0.5) is 13.2 Å². The number of nitrogens with zero attached hydrogens (tertiary/aromatic N) is 2. The minimum Gasteiger partial charge on any atom is -0.497 e. The number of fused-ring (bicyclic) bond motifs is 1. The van der Waals surface area contributed by atoms with Gasteiger partial charge in [-0.1, -0.05) is 12.1 Å². The highest BCUT2D eigenvalue weighted by atomic mass is 19.4. The fourth-order valence-electron chi connectivity index (χ4n) is 3.54. The summed E-state index contributed by atoms with van der Waals surface area (Å²) in [5.41, 5.74) is 1.48. The molecule has 3 aromatic rings. The Hall–Kier alpha value is -3.80. The number of benzene rings is 2. The smallest absolute Gasteiger partial charge is 0.416 e. The molecule has 4 rings (SSSR count). The molecule has 2 aromatic carbocycles. The average Bonchev–Trinajstić information content (AvgIpc) is 3.15. The standard InChI is InChI=1S/C21H15F3N4O2/c1-29-14-8-4-12(5-9-14)18-17-16(11-2-6-13(7-3-11)21(22,23)24)15(10-25)19(26)30-20(17)28-27-18/h2-9,15-16,26H,1H3,(H,27,28). The number of hydrogen-bond acceptors (Lipinski definition) is 5. The molecule has 9 heteroatoms. The molecule has 0 spiro atoms. The normalized spacial score (nSPS) is 18.3. The van der Waals surface area contributed by atoms with Crippen LogP contribution in [0.25, 0.3) is 11.3 Å². The second-order valence-electron chi connectivity index (χ2n) is 6.72. The number of rotatable bonds is 3. The van der Waals surface area contributed by atoms with E-state index >= 15 is 0 Å². The predicted octanol–water partition coefficient (Wildman–Crippen LogP) is 4.75. The van der Waals surface area contributed by atoms with Crippen LogP contribution in [-0.2, 0) is 6.18 Å². The first kappa shape index (κ1) is 19.5. The number of aromatic amines is 1. The van der Waals surface area contributed by atoms with Gasteiger partial charge in [-0.2, -0.15) is 18.4 Å². The van der Waals surface area contributed by atoms with Crippen LogP contribution in [-0.4, -0.2) is 23.2 Å². The zero-order valence-electron chi connectivity index (χ0n) is 15.6. The van der Waals surface area contributed by atoms with Crippen LogP contribution in [0.5, 0.6) is 11.6 Å². The third-order valence-electron chi connectivity index (χ3n) is 5.02. The van der Waals surface area contributed by atoms with Gasteiger partial charge in [-0.05, 0) is 42.0 Å². The number of halogens is 3. The summed E-state index contributed by atoms with van der Waals surface area (Å²) >= 11 is 0. The maximum atomic E-state index is 13.0. The molecule has 0 aliphatic carbocycles. The van der Waals surface area contributed by atoms with E-state index in [0.29, 0.717) is 22.6 Å².